The van der Waals surface area contributed by atoms with Crippen molar-refractivity contribution in [1.82, 2.24) is 10.6 Å². The lowest BCUT2D eigenvalue weighted by atomic mass is 9.93. The molecule has 0 aromatic carbocycles. The summed E-state index contributed by atoms with van der Waals surface area (Å²) in [5.41, 5.74) is 0.919. The van der Waals surface area contributed by atoms with Gasteiger partial charge in [0.15, 0.2) is 5.78 Å². The molecule has 0 aliphatic heterocycles. The lowest BCUT2D eigenvalue weighted by Gasteiger charge is -2.22. The van der Waals surface area contributed by atoms with E-state index < -0.39 is 0 Å². The Morgan fingerprint density at radius 3 is 3.24 bits per heavy atom. The van der Waals surface area contributed by atoms with E-state index in [0.29, 0.717) is 12.8 Å². The molecule has 5 heteroatoms. The van der Waals surface area contributed by atoms with E-state index in [-0.39, 0.29) is 24.4 Å². The van der Waals surface area contributed by atoms with Gasteiger partial charge in [-0.2, -0.15) is 0 Å². The molecule has 1 atom stereocenters. The molecule has 1 unspecified atom stereocenters. The van der Waals surface area contributed by atoms with Gasteiger partial charge in [0, 0.05) is 6.42 Å². The SMILES string of the molecule is C#CCNC(=O)NC1CCC(=O)c2sccc21. The van der Waals surface area contributed by atoms with Crippen molar-refractivity contribution in [3.63, 3.8) is 0 Å². The Balaban J connectivity index is 2.05. The highest BCUT2D eigenvalue weighted by molar-refractivity contribution is 7.12. The summed E-state index contributed by atoms with van der Waals surface area (Å²) in [4.78, 5) is 23.9. The molecule has 4 nitrogen and oxygen atoms in total. The highest BCUT2D eigenvalue weighted by Gasteiger charge is 2.27. The number of thiophene rings is 1. The number of amides is 2. The summed E-state index contributed by atoms with van der Waals surface area (Å²) in [6, 6.07) is 1.51. The van der Waals surface area contributed by atoms with Crippen molar-refractivity contribution >= 4 is 23.2 Å². The first-order valence-corrected chi connectivity index (χ1v) is 6.18. The third kappa shape index (κ3) is 2.48. The van der Waals surface area contributed by atoms with Crippen LogP contribution in [0.3, 0.4) is 0 Å². The van der Waals surface area contributed by atoms with E-state index in [2.05, 4.69) is 16.6 Å². The Labute approximate surface area is 103 Å². The van der Waals surface area contributed by atoms with E-state index in [1.165, 1.54) is 11.3 Å². The average Bonchev–Trinajstić information content (AvgIpc) is 2.80. The monoisotopic (exact) mass is 248 g/mol. The van der Waals surface area contributed by atoms with Gasteiger partial charge in [-0.05, 0) is 23.4 Å². The summed E-state index contributed by atoms with van der Waals surface area (Å²) in [6.07, 6.45) is 6.18. The second-order valence-corrected chi connectivity index (χ2v) is 4.67. The standard InChI is InChI=1S/C12H12N2O2S/c1-2-6-13-12(16)14-9-3-4-10(15)11-8(9)5-7-17-11/h1,5,7,9H,3-4,6H2,(H2,13,14,16). The van der Waals surface area contributed by atoms with Crippen LogP contribution in [0.4, 0.5) is 4.79 Å². The maximum atomic E-state index is 11.6. The lowest BCUT2D eigenvalue weighted by molar-refractivity contribution is 0.0968. The zero-order valence-corrected chi connectivity index (χ0v) is 9.97. The van der Waals surface area contributed by atoms with Crippen molar-refractivity contribution < 1.29 is 9.59 Å². The number of urea groups is 1. The van der Waals surface area contributed by atoms with Crippen molar-refractivity contribution in [2.75, 3.05) is 6.54 Å². The molecule has 0 saturated heterocycles. The van der Waals surface area contributed by atoms with Crippen molar-refractivity contribution in [2.45, 2.75) is 18.9 Å². The number of carbonyl (C=O) groups is 2. The van der Waals surface area contributed by atoms with Gasteiger partial charge in [0.05, 0.1) is 17.5 Å². The van der Waals surface area contributed by atoms with Gasteiger partial charge < -0.3 is 10.6 Å². The molecule has 1 aliphatic carbocycles. The molecule has 88 valence electrons. The first kappa shape index (κ1) is 11.7. The normalized spacial score (nSPS) is 18.1. The number of hydrogen-bond acceptors (Lipinski definition) is 3. The molecular weight excluding hydrogens is 236 g/mol. The van der Waals surface area contributed by atoms with Crippen LogP contribution in [0.25, 0.3) is 0 Å². The van der Waals surface area contributed by atoms with Gasteiger partial charge in [-0.3, -0.25) is 4.79 Å². The van der Waals surface area contributed by atoms with E-state index in [1.807, 2.05) is 11.4 Å². The number of Topliss-reactive ketones (excluding diaryl/α,β-unsaturated/α-hetero) is 1. The van der Waals surface area contributed by atoms with Gasteiger partial charge in [0.2, 0.25) is 0 Å². The number of nitrogens with one attached hydrogen (secondary N) is 2. The van der Waals surface area contributed by atoms with Crippen LogP contribution in [0.2, 0.25) is 0 Å². The zero-order valence-electron chi connectivity index (χ0n) is 9.16. The fourth-order valence-corrected chi connectivity index (χ4v) is 2.79. The molecule has 2 amide bonds. The van der Waals surface area contributed by atoms with Crippen LogP contribution in [-0.4, -0.2) is 18.4 Å². The van der Waals surface area contributed by atoms with Crippen molar-refractivity contribution in [2.24, 2.45) is 0 Å². The topological polar surface area (TPSA) is 58.2 Å². The molecule has 0 fully saturated rings. The predicted molar refractivity (Wildman–Crippen MR) is 66.0 cm³/mol. The van der Waals surface area contributed by atoms with Crippen LogP contribution in [0.1, 0.15) is 34.1 Å². The molecule has 0 saturated carbocycles. The van der Waals surface area contributed by atoms with E-state index in [4.69, 9.17) is 6.42 Å². The molecule has 2 rings (SSSR count). The average molecular weight is 248 g/mol. The van der Waals surface area contributed by atoms with Gasteiger partial charge in [-0.25, -0.2) is 4.79 Å². The van der Waals surface area contributed by atoms with E-state index in [9.17, 15) is 9.59 Å². The molecule has 2 N–H and O–H groups in total. The van der Waals surface area contributed by atoms with Crippen molar-refractivity contribution in [1.29, 1.82) is 0 Å². The van der Waals surface area contributed by atoms with Crippen LogP contribution >= 0.6 is 11.3 Å². The summed E-state index contributed by atoms with van der Waals surface area (Å²) in [7, 11) is 0. The molecule has 0 spiro atoms. The largest absolute Gasteiger partial charge is 0.331 e. The van der Waals surface area contributed by atoms with Gasteiger partial charge in [0.25, 0.3) is 0 Å². The Hall–Kier alpha value is -1.80. The van der Waals surface area contributed by atoms with Crippen LogP contribution in [0.5, 0.6) is 0 Å². The third-order valence-corrected chi connectivity index (χ3v) is 3.61. The van der Waals surface area contributed by atoms with Gasteiger partial charge in [-0.15, -0.1) is 17.8 Å². The molecule has 0 bridgehead atoms. The summed E-state index contributed by atoms with van der Waals surface area (Å²) in [5, 5.41) is 7.25. The number of terminal acetylenes is 1. The van der Waals surface area contributed by atoms with Gasteiger partial charge >= 0.3 is 6.03 Å². The fourth-order valence-electron chi connectivity index (χ4n) is 1.86. The minimum atomic E-state index is -0.292. The fraction of sp³-hybridized carbons (Fsp3) is 0.333. The number of rotatable bonds is 2. The molecule has 0 radical (unpaired) electrons. The molecule has 1 aromatic rings. The lowest BCUT2D eigenvalue weighted by Crippen LogP contribution is -2.39. The highest BCUT2D eigenvalue weighted by Crippen LogP contribution is 2.33. The summed E-state index contributed by atoms with van der Waals surface area (Å²) in [5.74, 6) is 2.50. The maximum absolute atomic E-state index is 11.6. The number of carbonyl (C=O) groups excluding carboxylic acids is 2. The first-order chi connectivity index (χ1) is 8.22. The predicted octanol–water partition coefficient (Wildman–Crippen LogP) is 1.70. The Kier molecular flexibility index (Phi) is 3.45. The molecule has 1 aliphatic rings. The summed E-state index contributed by atoms with van der Waals surface area (Å²) >= 11 is 1.43. The molecule has 17 heavy (non-hydrogen) atoms. The quantitative estimate of drug-likeness (QED) is 0.783. The summed E-state index contributed by atoms with van der Waals surface area (Å²) < 4.78 is 0. The van der Waals surface area contributed by atoms with E-state index in [0.717, 1.165) is 10.4 Å². The van der Waals surface area contributed by atoms with E-state index in [1.54, 1.807) is 0 Å². The minimum absolute atomic E-state index is 0.0910. The Morgan fingerprint density at radius 1 is 1.65 bits per heavy atom. The second-order valence-electron chi connectivity index (χ2n) is 3.75. The molecule has 1 aromatic heterocycles. The Bertz CT molecular complexity index is 487. The van der Waals surface area contributed by atoms with Crippen LogP contribution < -0.4 is 10.6 Å². The smallest absolute Gasteiger partial charge is 0.316 e. The molecule has 1 heterocycles. The van der Waals surface area contributed by atoms with Crippen molar-refractivity contribution in [3.8, 4) is 12.3 Å². The van der Waals surface area contributed by atoms with Crippen molar-refractivity contribution in [3.05, 3.63) is 21.9 Å². The summed E-state index contributed by atoms with van der Waals surface area (Å²) in [6.45, 7) is 0.202. The van der Waals surface area contributed by atoms with Crippen LogP contribution in [0, 0.1) is 12.3 Å². The van der Waals surface area contributed by atoms with Crippen LogP contribution in [0.15, 0.2) is 11.4 Å². The number of hydrogen-bond donors (Lipinski definition) is 2. The highest BCUT2D eigenvalue weighted by atomic mass is 32.1. The first-order valence-electron chi connectivity index (χ1n) is 5.31. The molecular formula is C12H12N2O2S. The zero-order chi connectivity index (χ0) is 12.3. The third-order valence-electron chi connectivity index (χ3n) is 2.64. The minimum Gasteiger partial charge on any atom is -0.331 e. The maximum Gasteiger partial charge on any atom is 0.316 e. The van der Waals surface area contributed by atoms with Crippen LogP contribution in [-0.2, 0) is 0 Å². The van der Waals surface area contributed by atoms with Gasteiger partial charge in [-0.1, -0.05) is 5.92 Å². The number of fused-ring (bicyclic) bond motifs is 1. The Morgan fingerprint density at radius 2 is 2.47 bits per heavy atom. The second kappa shape index (κ2) is 5.02. The number of ketones is 1. The van der Waals surface area contributed by atoms with Gasteiger partial charge in [0.1, 0.15) is 0 Å². The van der Waals surface area contributed by atoms with E-state index >= 15 is 0 Å².